The minimum absolute atomic E-state index is 0.166. The van der Waals surface area contributed by atoms with Gasteiger partial charge in [0.25, 0.3) is 5.91 Å². The number of nitrogens with zero attached hydrogens (tertiary/aromatic N) is 1. The third-order valence-electron chi connectivity index (χ3n) is 3.16. The van der Waals surface area contributed by atoms with Gasteiger partial charge in [0.15, 0.2) is 5.60 Å². The van der Waals surface area contributed by atoms with Crippen molar-refractivity contribution in [2.75, 3.05) is 7.05 Å². The third-order valence-corrected chi connectivity index (χ3v) is 3.16. The molecule has 1 heterocycles. The Kier molecular flexibility index (Phi) is 1.14. The summed E-state index contributed by atoms with van der Waals surface area (Å²) in [4.78, 5) is 23.6. The van der Waals surface area contributed by atoms with E-state index in [1.807, 2.05) is 13.8 Å². The molecule has 4 heteroatoms. The fourth-order valence-corrected chi connectivity index (χ4v) is 1.91. The van der Waals surface area contributed by atoms with Crippen LogP contribution >= 0.6 is 0 Å². The highest BCUT2D eigenvalue weighted by Crippen LogP contribution is 2.56. The molecule has 0 radical (unpaired) electrons. The second-order valence-corrected chi connectivity index (χ2v) is 3.60. The third kappa shape index (κ3) is 0.552. The average Bonchev–Trinajstić information content (AvgIpc) is 2.46. The number of likely N-dealkylation sites (N-methyl/N-ethyl adjacent to an activating group) is 1. The second-order valence-electron chi connectivity index (χ2n) is 3.60. The Hall–Kier alpha value is -1.06. The summed E-state index contributed by atoms with van der Waals surface area (Å²) >= 11 is 0. The van der Waals surface area contributed by atoms with Gasteiger partial charge in [-0.3, -0.25) is 4.79 Å². The SMILES string of the molecule is CC1C(C)C12OC(=O)N(C)C2=O. The van der Waals surface area contributed by atoms with Crippen LogP contribution in [0.1, 0.15) is 13.8 Å². The van der Waals surface area contributed by atoms with Crippen LogP contribution in [0.5, 0.6) is 0 Å². The highest BCUT2D eigenvalue weighted by atomic mass is 16.6. The molecular formula is C8H11NO3. The van der Waals surface area contributed by atoms with Crippen molar-refractivity contribution in [2.45, 2.75) is 19.4 Å². The summed E-state index contributed by atoms with van der Waals surface area (Å²) in [5.74, 6) is 0.144. The Morgan fingerprint density at radius 3 is 2.00 bits per heavy atom. The van der Waals surface area contributed by atoms with Crippen molar-refractivity contribution in [3.8, 4) is 0 Å². The van der Waals surface area contributed by atoms with E-state index < -0.39 is 11.7 Å². The highest BCUT2D eigenvalue weighted by Gasteiger charge is 2.73. The number of hydrogen-bond acceptors (Lipinski definition) is 3. The molecular weight excluding hydrogens is 158 g/mol. The molecule has 1 saturated carbocycles. The van der Waals surface area contributed by atoms with Crippen LogP contribution in [0, 0.1) is 11.8 Å². The maximum Gasteiger partial charge on any atom is 0.417 e. The van der Waals surface area contributed by atoms with Gasteiger partial charge in [-0.2, -0.15) is 0 Å². The lowest BCUT2D eigenvalue weighted by atomic mass is 10.2. The van der Waals surface area contributed by atoms with Crippen LogP contribution in [0.15, 0.2) is 0 Å². The summed E-state index contributed by atoms with van der Waals surface area (Å²) in [6.45, 7) is 3.85. The van der Waals surface area contributed by atoms with Crippen LogP contribution in [0.2, 0.25) is 0 Å². The van der Waals surface area contributed by atoms with Crippen molar-refractivity contribution in [2.24, 2.45) is 11.8 Å². The predicted octanol–water partition coefficient (Wildman–Crippen LogP) is 0.620. The molecule has 0 aromatic carbocycles. The number of hydrogen-bond donors (Lipinski definition) is 0. The maximum atomic E-state index is 11.5. The van der Waals surface area contributed by atoms with Crippen LogP contribution in [0.25, 0.3) is 0 Å². The number of carbonyl (C=O) groups excluding carboxylic acids is 2. The van der Waals surface area contributed by atoms with Gasteiger partial charge in [-0.25, -0.2) is 9.69 Å². The number of imide groups is 1. The number of rotatable bonds is 0. The normalized spacial score (nSPS) is 45.4. The molecule has 1 saturated heterocycles. The van der Waals surface area contributed by atoms with Crippen LogP contribution in [0.3, 0.4) is 0 Å². The number of amides is 2. The van der Waals surface area contributed by atoms with Crippen LogP contribution in [-0.2, 0) is 9.53 Å². The molecule has 1 aliphatic heterocycles. The Bertz CT molecular complexity index is 265. The minimum Gasteiger partial charge on any atom is -0.432 e. The molecule has 66 valence electrons. The zero-order valence-electron chi connectivity index (χ0n) is 7.33. The van der Waals surface area contributed by atoms with Gasteiger partial charge in [0.2, 0.25) is 0 Å². The van der Waals surface area contributed by atoms with Crippen LogP contribution in [-0.4, -0.2) is 29.5 Å². The average molecular weight is 169 g/mol. The van der Waals surface area contributed by atoms with Crippen molar-refractivity contribution in [1.29, 1.82) is 0 Å². The first-order chi connectivity index (χ1) is 5.51. The number of ether oxygens (including phenoxy) is 1. The highest BCUT2D eigenvalue weighted by molar-refractivity contribution is 6.05. The Labute approximate surface area is 70.5 Å². The van der Waals surface area contributed by atoms with Gasteiger partial charge >= 0.3 is 6.09 Å². The predicted molar refractivity (Wildman–Crippen MR) is 40.3 cm³/mol. The standard InChI is InChI=1S/C8H11NO3/c1-4-5(2)8(4)6(10)9(3)7(11)12-8/h4-5H,1-3H3. The maximum absolute atomic E-state index is 11.5. The Balaban J connectivity index is 2.33. The summed E-state index contributed by atoms with van der Waals surface area (Å²) in [7, 11) is 1.46. The first kappa shape index (κ1) is 7.58. The smallest absolute Gasteiger partial charge is 0.417 e. The molecule has 2 unspecified atom stereocenters. The van der Waals surface area contributed by atoms with Crippen molar-refractivity contribution in [3.05, 3.63) is 0 Å². The fraction of sp³-hybridized carbons (Fsp3) is 0.750. The molecule has 0 aromatic rings. The summed E-state index contributed by atoms with van der Waals surface area (Å²) in [6, 6.07) is 0. The van der Waals surface area contributed by atoms with Crippen LogP contribution < -0.4 is 0 Å². The molecule has 2 atom stereocenters. The molecule has 2 amide bonds. The van der Waals surface area contributed by atoms with E-state index in [0.29, 0.717) is 0 Å². The Morgan fingerprint density at radius 1 is 1.33 bits per heavy atom. The van der Waals surface area contributed by atoms with Gasteiger partial charge in [0.05, 0.1) is 0 Å². The zero-order chi connectivity index (χ0) is 9.09. The lowest BCUT2D eigenvalue weighted by Gasteiger charge is -2.02. The van der Waals surface area contributed by atoms with Crippen LogP contribution in [0.4, 0.5) is 4.79 Å². The first-order valence-electron chi connectivity index (χ1n) is 4.03. The van der Waals surface area contributed by atoms with Crippen molar-refractivity contribution in [3.63, 3.8) is 0 Å². The monoisotopic (exact) mass is 169 g/mol. The topological polar surface area (TPSA) is 46.6 Å². The second kappa shape index (κ2) is 1.81. The molecule has 1 aliphatic carbocycles. The van der Waals surface area contributed by atoms with E-state index in [0.717, 1.165) is 4.90 Å². The lowest BCUT2D eigenvalue weighted by molar-refractivity contribution is -0.131. The van der Waals surface area contributed by atoms with E-state index in [1.165, 1.54) is 7.05 Å². The molecule has 0 N–H and O–H groups in total. The lowest BCUT2D eigenvalue weighted by Crippen LogP contribution is -2.30. The molecule has 2 fully saturated rings. The molecule has 2 aliphatic rings. The fourth-order valence-electron chi connectivity index (χ4n) is 1.91. The summed E-state index contributed by atoms with van der Waals surface area (Å²) in [5, 5.41) is 0. The quantitative estimate of drug-likeness (QED) is 0.534. The molecule has 2 rings (SSSR count). The first-order valence-corrected chi connectivity index (χ1v) is 4.03. The summed E-state index contributed by atoms with van der Waals surface area (Å²) in [6.07, 6.45) is -0.517. The van der Waals surface area contributed by atoms with Gasteiger partial charge in [0, 0.05) is 18.9 Å². The largest absolute Gasteiger partial charge is 0.432 e. The van der Waals surface area contributed by atoms with Gasteiger partial charge in [-0.05, 0) is 0 Å². The minimum atomic E-state index is -0.800. The molecule has 12 heavy (non-hydrogen) atoms. The van der Waals surface area contributed by atoms with E-state index in [-0.39, 0.29) is 17.7 Å². The molecule has 1 spiro atoms. The van der Waals surface area contributed by atoms with Gasteiger partial charge in [0.1, 0.15) is 0 Å². The van der Waals surface area contributed by atoms with Crippen molar-refractivity contribution in [1.82, 2.24) is 4.90 Å². The molecule has 0 aromatic heterocycles. The van der Waals surface area contributed by atoms with E-state index in [2.05, 4.69) is 0 Å². The van der Waals surface area contributed by atoms with Crippen molar-refractivity contribution < 1.29 is 14.3 Å². The van der Waals surface area contributed by atoms with Crippen molar-refractivity contribution >= 4 is 12.0 Å². The van der Waals surface area contributed by atoms with Gasteiger partial charge < -0.3 is 4.74 Å². The molecule has 0 bridgehead atoms. The summed E-state index contributed by atoms with van der Waals surface area (Å²) < 4.78 is 5.05. The van der Waals surface area contributed by atoms with E-state index in [1.54, 1.807) is 0 Å². The van der Waals surface area contributed by atoms with E-state index >= 15 is 0 Å². The molecule has 4 nitrogen and oxygen atoms in total. The Morgan fingerprint density at radius 2 is 1.83 bits per heavy atom. The van der Waals surface area contributed by atoms with E-state index in [9.17, 15) is 9.59 Å². The zero-order valence-corrected chi connectivity index (χ0v) is 7.33. The summed E-state index contributed by atoms with van der Waals surface area (Å²) in [5.41, 5.74) is -0.800. The van der Waals surface area contributed by atoms with Gasteiger partial charge in [-0.15, -0.1) is 0 Å². The van der Waals surface area contributed by atoms with Gasteiger partial charge in [-0.1, -0.05) is 13.8 Å². The number of carbonyl (C=O) groups is 2. The van der Waals surface area contributed by atoms with E-state index in [4.69, 9.17) is 4.74 Å².